The van der Waals surface area contributed by atoms with Crippen LogP contribution in [0.2, 0.25) is 0 Å². The number of para-hydroxylation sites is 1. The van der Waals surface area contributed by atoms with Crippen molar-refractivity contribution in [3.63, 3.8) is 0 Å². The molecule has 0 saturated carbocycles. The lowest BCUT2D eigenvalue weighted by atomic mass is 10.1. The number of rotatable bonds is 1. The molecule has 3 nitrogen and oxygen atoms in total. The number of phenolic OH excluding ortho intramolecular Hbond substituents is 1. The molecule has 0 fully saturated rings. The number of aromatic hydroxyl groups is 1. The first-order valence-electron chi connectivity index (χ1n) is 5.07. The fraction of sp³-hybridized carbons (Fsp3) is 0.0769. The van der Waals surface area contributed by atoms with Crippen molar-refractivity contribution >= 4 is 21.8 Å². The van der Waals surface area contributed by atoms with Crippen LogP contribution in [0.1, 0.15) is 0 Å². The number of fused-ring (bicyclic) bond motifs is 3. The molecule has 2 N–H and O–H groups in total. The van der Waals surface area contributed by atoms with Crippen LogP contribution in [0.15, 0.2) is 36.4 Å². The summed E-state index contributed by atoms with van der Waals surface area (Å²) < 4.78 is 5.25. The van der Waals surface area contributed by atoms with E-state index in [1.165, 1.54) is 0 Å². The first-order valence-corrected chi connectivity index (χ1v) is 5.07. The number of methoxy groups -OCH3 is 1. The van der Waals surface area contributed by atoms with E-state index in [1.807, 2.05) is 24.3 Å². The molecule has 3 rings (SSSR count). The number of aromatic amines is 1. The van der Waals surface area contributed by atoms with E-state index in [1.54, 1.807) is 19.2 Å². The van der Waals surface area contributed by atoms with Crippen molar-refractivity contribution in [1.29, 1.82) is 0 Å². The van der Waals surface area contributed by atoms with Crippen LogP contribution in [0, 0.1) is 0 Å². The topological polar surface area (TPSA) is 45.2 Å². The summed E-state index contributed by atoms with van der Waals surface area (Å²) in [5.41, 5.74) is 1.96. The second-order valence-electron chi connectivity index (χ2n) is 3.74. The Kier molecular flexibility index (Phi) is 1.80. The predicted molar refractivity (Wildman–Crippen MR) is 64.0 cm³/mol. The molecule has 0 radical (unpaired) electrons. The first-order chi connectivity index (χ1) is 7.79. The summed E-state index contributed by atoms with van der Waals surface area (Å²) in [6, 6.07) is 11.3. The second kappa shape index (κ2) is 3.17. The van der Waals surface area contributed by atoms with Crippen LogP contribution in [0.4, 0.5) is 0 Å². The minimum absolute atomic E-state index is 0.217. The maximum Gasteiger partial charge on any atom is 0.146 e. The number of nitrogens with one attached hydrogen (secondary N) is 1. The zero-order chi connectivity index (χ0) is 11.1. The molecule has 0 aliphatic heterocycles. The van der Waals surface area contributed by atoms with Crippen molar-refractivity contribution in [3.8, 4) is 11.5 Å². The molecule has 0 unspecified atom stereocenters. The van der Waals surface area contributed by atoms with Gasteiger partial charge in [0.15, 0.2) is 0 Å². The Morgan fingerprint density at radius 3 is 2.75 bits per heavy atom. The van der Waals surface area contributed by atoms with Gasteiger partial charge in [0.1, 0.15) is 11.5 Å². The highest BCUT2D eigenvalue weighted by atomic mass is 16.5. The molecular weight excluding hydrogens is 202 g/mol. The molecule has 0 amide bonds. The Morgan fingerprint density at radius 2 is 1.94 bits per heavy atom. The molecule has 1 heterocycles. The lowest BCUT2D eigenvalue weighted by Crippen LogP contribution is -1.83. The molecule has 0 spiro atoms. The highest BCUT2D eigenvalue weighted by Gasteiger charge is 2.09. The van der Waals surface area contributed by atoms with E-state index in [0.29, 0.717) is 5.75 Å². The fourth-order valence-corrected chi connectivity index (χ4v) is 2.06. The maximum atomic E-state index is 9.63. The molecule has 0 aliphatic carbocycles. The Hall–Kier alpha value is -2.16. The third kappa shape index (κ3) is 1.15. The molecule has 16 heavy (non-hydrogen) atoms. The van der Waals surface area contributed by atoms with Crippen molar-refractivity contribution in [2.45, 2.75) is 0 Å². The van der Waals surface area contributed by atoms with Crippen LogP contribution in [0.5, 0.6) is 11.5 Å². The predicted octanol–water partition coefficient (Wildman–Crippen LogP) is 3.04. The molecule has 1 aromatic heterocycles. The summed E-state index contributed by atoms with van der Waals surface area (Å²) in [5.74, 6) is 0.875. The Labute approximate surface area is 92.3 Å². The van der Waals surface area contributed by atoms with Gasteiger partial charge in [-0.1, -0.05) is 18.2 Å². The van der Waals surface area contributed by atoms with Crippen LogP contribution >= 0.6 is 0 Å². The molecule has 0 atom stereocenters. The van der Waals surface area contributed by atoms with Gasteiger partial charge < -0.3 is 14.8 Å². The van der Waals surface area contributed by atoms with Gasteiger partial charge in [0.05, 0.1) is 12.6 Å². The van der Waals surface area contributed by atoms with Gasteiger partial charge in [-0.2, -0.15) is 0 Å². The molecular formula is C13H11NO2. The molecule has 3 heteroatoms. The highest BCUT2D eigenvalue weighted by Crippen LogP contribution is 2.34. The van der Waals surface area contributed by atoms with Crippen molar-refractivity contribution in [2.75, 3.05) is 7.11 Å². The van der Waals surface area contributed by atoms with Crippen LogP contribution < -0.4 is 4.74 Å². The van der Waals surface area contributed by atoms with E-state index >= 15 is 0 Å². The van der Waals surface area contributed by atoms with E-state index < -0.39 is 0 Å². The zero-order valence-corrected chi connectivity index (χ0v) is 8.82. The lowest BCUT2D eigenvalue weighted by Gasteiger charge is -2.02. The van der Waals surface area contributed by atoms with Gasteiger partial charge in [-0.15, -0.1) is 0 Å². The smallest absolute Gasteiger partial charge is 0.146 e. The Morgan fingerprint density at radius 1 is 1.12 bits per heavy atom. The van der Waals surface area contributed by atoms with Crippen molar-refractivity contribution < 1.29 is 9.84 Å². The number of aromatic nitrogens is 1. The third-order valence-electron chi connectivity index (χ3n) is 2.78. The molecule has 2 aromatic carbocycles. The average Bonchev–Trinajstić information content (AvgIpc) is 2.67. The van der Waals surface area contributed by atoms with E-state index in [2.05, 4.69) is 4.98 Å². The monoisotopic (exact) mass is 213 g/mol. The molecule has 3 aromatic rings. The van der Waals surface area contributed by atoms with E-state index in [9.17, 15) is 5.11 Å². The number of H-pyrrole nitrogens is 1. The van der Waals surface area contributed by atoms with Gasteiger partial charge in [-0.25, -0.2) is 0 Å². The third-order valence-corrected chi connectivity index (χ3v) is 2.78. The summed E-state index contributed by atoms with van der Waals surface area (Å²) in [7, 11) is 1.60. The fourth-order valence-electron chi connectivity index (χ4n) is 2.06. The standard InChI is InChI=1S/C13H11NO2/c1-16-12-7-8(15)6-10-9-4-2-3-5-11(9)14-13(10)12/h2-7,14-15H,1H3. The minimum atomic E-state index is 0.217. The Balaban J connectivity index is 2.54. The normalized spacial score (nSPS) is 11.1. The molecule has 0 saturated heterocycles. The van der Waals surface area contributed by atoms with Gasteiger partial charge in [-0.05, 0) is 12.1 Å². The van der Waals surface area contributed by atoms with E-state index in [0.717, 1.165) is 21.8 Å². The van der Waals surface area contributed by atoms with Gasteiger partial charge in [0.2, 0.25) is 0 Å². The molecule has 0 aliphatic rings. The van der Waals surface area contributed by atoms with Crippen LogP contribution in [0.25, 0.3) is 21.8 Å². The Bertz CT molecular complexity index is 670. The van der Waals surface area contributed by atoms with Crippen LogP contribution in [0.3, 0.4) is 0 Å². The zero-order valence-electron chi connectivity index (χ0n) is 8.82. The SMILES string of the molecule is COc1cc(O)cc2c1[nH]c1ccccc12. The number of hydrogen-bond acceptors (Lipinski definition) is 2. The summed E-state index contributed by atoms with van der Waals surface area (Å²) in [4.78, 5) is 3.29. The summed E-state index contributed by atoms with van der Waals surface area (Å²) in [6.07, 6.45) is 0. The number of benzene rings is 2. The van der Waals surface area contributed by atoms with Crippen molar-refractivity contribution in [1.82, 2.24) is 4.98 Å². The van der Waals surface area contributed by atoms with Gasteiger partial charge in [0, 0.05) is 22.4 Å². The van der Waals surface area contributed by atoms with E-state index in [4.69, 9.17) is 4.74 Å². The first kappa shape index (κ1) is 9.09. The van der Waals surface area contributed by atoms with Crippen LogP contribution in [-0.2, 0) is 0 Å². The maximum absolute atomic E-state index is 9.63. The largest absolute Gasteiger partial charge is 0.508 e. The average molecular weight is 213 g/mol. The van der Waals surface area contributed by atoms with E-state index in [-0.39, 0.29) is 5.75 Å². The van der Waals surface area contributed by atoms with Crippen molar-refractivity contribution in [2.24, 2.45) is 0 Å². The summed E-state index contributed by atoms with van der Waals surface area (Å²) in [6.45, 7) is 0. The minimum Gasteiger partial charge on any atom is -0.508 e. The van der Waals surface area contributed by atoms with Gasteiger partial charge >= 0.3 is 0 Å². The number of ether oxygens (including phenoxy) is 1. The molecule has 0 bridgehead atoms. The number of phenols is 1. The van der Waals surface area contributed by atoms with Crippen molar-refractivity contribution in [3.05, 3.63) is 36.4 Å². The highest BCUT2D eigenvalue weighted by molar-refractivity contribution is 6.09. The quantitative estimate of drug-likeness (QED) is 0.652. The van der Waals surface area contributed by atoms with Gasteiger partial charge in [-0.3, -0.25) is 0 Å². The summed E-state index contributed by atoms with van der Waals surface area (Å²) in [5, 5.41) is 11.7. The van der Waals surface area contributed by atoms with Crippen LogP contribution in [-0.4, -0.2) is 17.2 Å². The lowest BCUT2D eigenvalue weighted by molar-refractivity contribution is 0.412. The second-order valence-corrected chi connectivity index (χ2v) is 3.74. The molecule has 80 valence electrons. The summed E-state index contributed by atoms with van der Waals surface area (Å²) >= 11 is 0. The van der Waals surface area contributed by atoms with Gasteiger partial charge in [0.25, 0.3) is 0 Å². The number of hydrogen-bond donors (Lipinski definition) is 2.